The van der Waals surface area contributed by atoms with E-state index in [-0.39, 0.29) is 12.0 Å². The average Bonchev–Trinajstić information content (AvgIpc) is 2.47. The monoisotopic (exact) mass is 316 g/mol. The van der Waals surface area contributed by atoms with Gasteiger partial charge < -0.3 is 15.7 Å². The minimum Gasteiger partial charge on any atom is -0.395 e. The number of hydrogen-bond donors (Lipinski definition) is 3. The number of benzene rings is 1. The summed E-state index contributed by atoms with van der Waals surface area (Å²) in [6.45, 7) is 3.75. The van der Waals surface area contributed by atoms with Crippen LogP contribution in [0.3, 0.4) is 0 Å². The number of halogens is 2. The lowest BCUT2D eigenvalue weighted by Crippen LogP contribution is -2.45. The van der Waals surface area contributed by atoms with E-state index in [2.05, 4.69) is 16.7 Å². The zero-order chi connectivity index (χ0) is 14.4. The molecule has 1 saturated heterocycles. The van der Waals surface area contributed by atoms with Crippen LogP contribution in [-0.2, 0) is 5.41 Å². The average molecular weight is 317 g/mol. The molecule has 0 aromatic heterocycles. The minimum atomic E-state index is 0.106. The van der Waals surface area contributed by atoms with Crippen molar-refractivity contribution in [1.29, 1.82) is 0 Å². The molecule has 1 aliphatic heterocycles. The largest absolute Gasteiger partial charge is 0.395 e. The van der Waals surface area contributed by atoms with Crippen molar-refractivity contribution >= 4 is 23.2 Å². The Balaban J connectivity index is 2.14. The quantitative estimate of drug-likeness (QED) is 0.707. The van der Waals surface area contributed by atoms with Crippen LogP contribution in [0.4, 0.5) is 0 Å². The van der Waals surface area contributed by atoms with E-state index >= 15 is 0 Å². The van der Waals surface area contributed by atoms with Crippen molar-refractivity contribution in [2.75, 3.05) is 32.8 Å². The summed E-state index contributed by atoms with van der Waals surface area (Å²) in [5.41, 5.74) is 1.36. The zero-order valence-electron chi connectivity index (χ0n) is 11.6. The molecule has 20 heavy (non-hydrogen) atoms. The zero-order valence-corrected chi connectivity index (χ0v) is 13.1. The molecule has 0 saturated carbocycles. The molecule has 1 heterocycles. The van der Waals surface area contributed by atoms with Gasteiger partial charge >= 0.3 is 0 Å². The van der Waals surface area contributed by atoms with Crippen LogP contribution < -0.4 is 10.6 Å². The van der Waals surface area contributed by atoms with Crippen molar-refractivity contribution < 1.29 is 5.11 Å². The highest BCUT2D eigenvalue weighted by Crippen LogP contribution is 2.37. The predicted octanol–water partition coefficient (Wildman–Crippen LogP) is 2.59. The minimum absolute atomic E-state index is 0.106. The molecule has 1 aliphatic rings. The fraction of sp³-hybridized carbons (Fsp3) is 0.600. The topological polar surface area (TPSA) is 44.3 Å². The molecular formula is C15H22Cl2N2O. The highest BCUT2D eigenvalue weighted by molar-refractivity contribution is 6.42. The highest BCUT2D eigenvalue weighted by atomic mass is 35.5. The van der Waals surface area contributed by atoms with E-state index in [4.69, 9.17) is 28.3 Å². The predicted molar refractivity (Wildman–Crippen MR) is 84.8 cm³/mol. The maximum atomic E-state index is 8.84. The Labute approximate surface area is 130 Å². The molecule has 5 heteroatoms. The summed E-state index contributed by atoms with van der Waals surface area (Å²) < 4.78 is 0. The smallest absolute Gasteiger partial charge is 0.0595 e. The molecule has 1 unspecified atom stereocenters. The third kappa shape index (κ3) is 3.86. The van der Waals surface area contributed by atoms with Crippen molar-refractivity contribution in [1.82, 2.24) is 10.6 Å². The second-order valence-electron chi connectivity index (χ2n) is 5.41. The van der Waals surface area contributed by atoms with Gasteiger partial charge in [0.25, 0.3) is 0 Å². The number of piperidine rings is 1. The van der Waals surface area contributed by atoms with Gasteiger partial charge in [-0.2, -0.15) is 0 Å². The summed E-state index contributed by atoms with van der Waals surface area (Å²) >= 11 is 12.2. The lowest BCUT2D eigenvalue weighted by atomic mass is 9.72. The van der Waals surface area contributed by atoms with Crippen LogP contribution in [0.2, 0.25) is 10.0 Å². The van der Waals surface area contributed by atoms with E-state index in [9.17, 15) is 0 Å². The molecule has 3 nitrogen and oxygen atoms in total. The molecule has 0 bridgehead atoms. The molecule has 112 valence electrons. The summed E-state index contributed by atoms with van der Waals surface area (Å²) in [6, 6.07) is 5.98. The normalized spacial score (nSPS) is 22.9. The summed E-state index contributed by atoms with van der Waals surface area (Å²) in [5.74, 6) is 0. The van der Waals surface area contributed by atoms with Gasteiger partial charge in [-0.25, -0.2) is 0 Å². The Bertz CT molecular complexity index is 434. The number of aliphatic hydroxyl groups is 1. The third-order valence-corrected chi connectivity index (χ3v) is 4.81. The van der Waals surface area contributed by atoms with Gasteiger partial charge in [0.15, 0.2) is 0 Å². The van der Waals surface area contributed by atoms with E-state index in [1.807, 2.05) is 12.1 Å². The van der Waals surface area contributed by atoms with E-state index in [1.165, 1.54) is 12.0 Å². The van der Waals surface area contributed by atoms with Gasteiger partial charge in [-0.1, -0.05) is 29.3 Å². The Morgan fingerprint density at radius 1 is 1.25 bits per heavy atom. The van der Waals surface area contributed by atoms with E-state index < -0.39 is 0 Å². The van der Waals surface area contributed by atoms with Gasteiger partial charge in [0.2, 0.25) is 0 Å². The van der Waals surface area contributed by atoms with Crippen molar-refractivity contribution in [3.8, 4) is 0 Å². The van der Waals surface area contributed by atoms with Crippen LogP contribution in [0.1, 0.15) is 24.8 Å². The lowest BCUT2D eigenvalue weighted by Gasteiger charge is -2.38. The molecule has 3 N–H and O–H groups in total. The Kier molecular flexibility index (Phi) is 6.12. The van der Waals surface area contributed by atoms with Crippen molar-refractivity contribution in [2.24, 2.45) is 0 Å². The molecule has 1 aromatic carbocycles. The van der Waals surface area contributed by atoms with Crippen molar-refractivity contribution in [2.45, 2.75) is 24.7 Å². The molecule has 0 radical (unpaired) electrons. The number of nitrogens with one attached hydrogen (secondary N) is 2. The Hall–Kier alpha value is -0.320. The van der Waals surface area contributed by atoms with E-state index in [1.54, 1.807) is 0 Å². The van der Waals surface area contributed by atoms with Gasteiger partial charge in [-0.05, 0) is 50.0 Å². The first-order valence-corrected chi connectivity index (χ1v) is 7.91. The summed E-state index contributed by atoms with van der Waals surface area (Å²) in [7, 11) is 0. The fourth-order valence-electron chi connectivity index (χ4n) is 2.93. The molecule has 0 aliphatic carbocycles. The van der Waals surface area contributed by atoms with Crippen LogP contribution in [0.15, 0.2) is 18.2 Å². The number of aliphatic hydroxyl groups excluding tert-OH is 1. The maximum Gasteiger partial charge on any atom is 0.0595 e. The standard InChI is InChI=1S/C15H22Cl2N2O/c16-13-3-2-12(10-14(13)17)15(4-1-6-19-11-15)5-7-18-8-9-20/h2-3,10,18-20H,1,4-9,11H2. The second kappa shape index (κ2) is 7.62. The molecule has 1 atom stereocenters. The molecule has 2 rings (SSSR count). The summed E-state index contributed by atoms with van der Waals surface area (Å²) in [6.07, 6.45) is 3.34. The van der Waals surface area contributed by atoms with Gasteiger partial charge in [0, 0.05) is 18.5 Å². The molecular weight excluding hydrogens is 295 g/mol. The van der Waals surface area contributed by atoms with Crippen LogP contribution >= 0.6 is 23.2 Å². The Morgan fingerprint density at radius 2 is 2.10 bits per heavy atom. The van der Waals surface area contributed by atoms with Crippen LogP contribution in [0.25, 0.3) is 0 Å². The van der Waals surface area contributed by atoms with E-state index in [0.29, 0.717) is 16.6 Å². The summed E-state index contributed by atoms with van der Waals surface area (Å²) in [4.78, 5) is 0. The highest BCUT2D eigenvalue weighted by Gasteiger charge is 2.33. The van der Waals surface area contributed by atoms with Gasteiger partial charge in [0.1, 0.15) is 0 Å². The number of rotatable bonds is 6. The number of hydrogen-bond acceptors (Lipinski definition) is 3. The summed E-state index contributed by atoms with van der Waals surface area (Å²) in [5, 5.41) is 16.8. The van der Waals surface area contributed by atoms with Crippen molar-refractivity contribution in [3.05, 3.63) is 33.8 Å². The first kappa shape index (κ1) is 16.1. The Morgan fingerprint density at radius 3 is 2.75 bits per heavy atom. The molecule has 1 fully saturated rings. The third-order valence-electron chi connectivity index (χ3n) is 4.07. The van der Waals surface area contributed by atoms with Crippen LogP contribution in [0, 0.1) is 0 Å². The maximum absolute atomic E-state index is 8.84. The van der Waals surface area contributed by atoms with Crippen molar-refractivity contribution in [3.63, 3.8) is 0 Å². The van der Waals surface area contributed by atoms with Gasteiger partial charge in [0.05, 0.1) is 16.7 Å². The molecule has 0 spiro atoms. The van der Waals surface area contributed by atoms with Gasteiger partial charge in [-0.15, -0.1) is 0 Å². The van der Waals surface area contributed by atoms with E-state index in [0.717, 1.165) is 32.5 Å². The molecule has 1 aromatic rings. The van der Waals surface area contributed by atoms with Crippen LogP contribution in [-0.4, -0.2) is 37.9 Å². The second-order valence-corrected chi connectivity index (χ2v) is 6.23. The lowest BCUT2D eigenvalue weighted by molar-refractivity contribution is 0.270. The molecule has 0 amide bonds. The van der Waals surface area contributed by atoms with Gasteiger partial charge in [-0.3, -0.25) is 0 Å². The first-order valence-electron chi connectivity index (χ1n) is 7.16. The first-order chi connectivity index (χ1) is 9.68. The SMILES string of the molecule is OCCNCCC1(c2ccc(Cl)c(Cl)c2)CCCNC1. The van der Waals surface area contributed by atoms with Crippen LogP contribution in [0.5, 0.6) is 0 Å². The fourth-order valence-corrected chi connectivity index (χ4v) is 3.23.